The van der Waals surface area contributed by atoms with Crippen LogP contribution in [0.15, 0.2) is 17.6 Å². The summed E-state index contributed by atoms with van der Waals surface area (Å²) in [5.74, 6) is 0.985. The largest absolute Gasteiger partial charge is 0.357 e. The van der Waals surface area contributed by atoms with Gasteiger partial charge >= 0.3 is 0 Å². The molecule has 4 nitrogen and oxygen atoms in total. The van der Waals surface area contributed by atoms with Gasteiger partial charge in [-0.05, 0) is 38.0 Å². The van der Waals surface area contributed by atoms with Crippen LogP contribution in [-0.4, -0.2) is 49.6 Å². The maximum Gasteiger partial charge on any atom is 0.191 e. The van der Waals surface area contributed by atoms with Crippen LogP contribution in [0.3, 0.4) is 0 Å². The van der Waals surface area contributed by atoms with Crippen molar-refractivity contribution in [3.8, 4) is 0 Å². The number of nitrogens with zero attached hydrogens (tertiary/aromatic N) is 2. The van der Waals surface area contributed by atoms with Crippen molar-refractivity contribution < 1.29 is 0 Å². The van der Waals surface area contributed by atoms with Gasteiger partial charge in [-0.1, -0.05) is 26.8 Å². The predicted molar refractivity (Wildman–Crippen MR) is 113 cm³/mol. The molecule has 1 aliphatic rings. The molecule has 136 valence electrons. The Balaban J connectivity index is 0.00000484. The zero-order valence-corrected chi connectivity index (χ0v) is 17.9. The van der Waals surface area contributed by atoms with Gasteiger partial charge < -0.3 is 10.6 Å². The Morgan fingerprint density at radius 2 is 1.96 bits per heavy atom. The second-order valence-electron chi connectivity index (χ2n) is 7.43. The highest BCUT2D eigenvalue weighted by atomic mass is 127. The van der Waals surface area contributed by atoms with Crippen molar-refractivity contribution >= 4 is 29.9 Å². The van der Waals surface area contributed by atoms with Crippen LogP contribution in [0, 0.1) is 5.41 Å². The van der Waals surface area contributed by atoms with E-state index in [-0.39, 0.29) is 24.0 Å². The lowest BCUT2D eigenvalue weighted by Crippen LogP contribution is -2.48. The molecule has 0 atom stereocenters. The van der Waals surface area contributed by atoms with E-state index >= 15 is 0 Å². The fourth-order valence-corrected chi connectivity index (χ4v) is 2.76. The highest BCUT2D eigenvalue weighted by molar-refractivity contribution is 14.0. The summed E-state index contributed by atoms with van der Waals surface area (Å²) in [5, 5.41) is 6.98. The maximum atomic E-state index is 4.73. The first kappa shape index (κ1) is 22.7. The molecule has 0 amide bonds. The fourth-order valence-electron chi connectivity index (χ4n) is 2.76. The summed E-state index contributed by atoms with van der Waals surface area (Å²) < 4.78 is 0. The Labute approximate surface area is 160 Å². The molecular weight excluding hydrogens is 399 g/mol. The third kappa shape index (κ3) is 11.0. The fraction of sp³-hybridized carbons (Fsp3) is 0.833. The summed E-state index contributed by atoms with van der Waals surface area (Å²) in [5.41, 5.74) is 0.402. The normalized spacial score (nSPS) is 17.5. The van der Waals surface area contributed by atoms with E-state index in [1.54, 1.807) is 0 Å². The topological polar surface area (TPSA) is 39.7 Å². The van der Waals surface area contributed by atoms with Gasteiger partial charge in [-0.25, -0.2) is 0 Å². The third-order valence-corrected chi connectivity index (χ3v) is 4.01. The summed E-state index contributed by atoms with van der Waals surface area (Å²) in [7, 11) is 0. The molecule has 0 radical (unpaired) electrons. The van der Waals surface area contributed by atoms with Crippen molar-refractivity contribution in [2.45, 2.75) is 59.4 Å². The number of likely N-dealkylation sites (tertiary alicyclic amines) is 1. The van der Waals surface area contributed by atoms with Gasteiger partial charge in [0.05, 0.1) is 0 Å². The molecule has 2 N–H and O–H groups in total. The molecule has 0 spiro atoms. The van der Waals surface area contributed by atoms with Crippen LogP contribution in [0.1, 0.15) is 53.4 Å². The smallest absolute Gasteiger partial charge is 0.191 e. The molecule has 0 aromatic rings. The van der Waals surface area contributed by atoms with Gasteiger partial charge in [-0.15, -0.1) is 30.6 Å². The number of guanidine groups is 1. The summed E-state index contributed by atoms with van der Waals surface area (Å²) in [6.45, 7) is 17.9. The van der Waals surface area contributed by atoms with Gasteiger partial charge in [0.2, 0.25) is 0 Å². The second kappa shape index (κ2) is 12.1. The zero-order chi connectivity index (χ0) is 16.4. The van der Waals surface area contributed by atoms with Gasteiger partial charge in [0.25, 0.3) is 0 Å². The van der Waals surface area contributed by atoms with Crippen LogP contribution in [-0.2, 0) is 0 Å². The monoisotopic (exact) mass is 436 g/mol. The maximum absolute atomic E-state index is 4.73. The minimum atomic E-state index is 0. The lowest BCUT2D eigenvalue weighted by atomic mass is 9.91. The molecule has 0 saturated carbocycles. The Morgan fingerprint density at radius 3 is 2.48 bits per heavy atom. The summed E-state index contributed by atoms with van der Waals surface area (Å²) in [6, 6.07) is 0.543. The molecule has 1 fully saturated rings. The van der Waals surface area contributed by atoms with Gasteiger partial charge in [0.1, 0.15) is 0 Å². The Morgan fingerprint density at radius 1 is 1.30 bits per heavy atom. The van der Waals surface area contributed by atoms with Crippen LogP contribution in [0.5, 0.6) is 0 Å². The molecule has 23 heavy (non-hydrogen) atoms. The number of rotatable bonds is 7. The van der Waals surface area contributed by atoms with E-state index in [0.29, 0.717) is 11.5 Å². The van der Waals surface area contributed by atoms with Crippen molar-refractivity contribution in [3.05, 3.63) is 12.7 Å². The first-order valence-electron chi connectivity index (χ1n) is 8.82. The number of hydrogen-bond donors (Lipinski definition) is 2. The average Bonchev–Trinajstić information content (AvgIpc) is 2.45. The lowest BCUT2D eigenvalue weighted by molar-refractivity contribution is 0.225. The molecule has 5 heteroatoms. The Kier molecular flexibility index (Phi) is 12.0. The summed E-state index contributed by atoms with van der Waals surface area (Å²) in [6.07, 6.45) is 6.72. The first-order valence-corrected chi connectivity index (χ1v) is 8.82. The van der Waals surface area contributed by atoms with E-state index in [1.807, 2.05) is 6.08 Å². The summed E-state index contributed by atoms with van der Waals surface area (Å²) in [4.78, 5) is 7.19. The standard InChI is InChI=1S/C18H36N4.HI/c1-6-13-22-14-9-16(10-15-22)21-17(19-7-2)20-12-8-11-18(3,4)5;/h6,16H,1,7-15H2,2-5H3,(H2,19,20,21);1H. The van der Waals surface area contributed by atoms with Crippen LogP contribution in [0.25, 0.3) is 0 Å². The van der Waals surface area contributed by atoms with Crippen molar-refractivity contribution in [1.82, 2.24) is 15.5 Å². The van der Waals surface area contributed by atoms with Crippen LogP contribution >= 0.6 is 24.0 Å². The quantitative estimate of drug-likeness (QED) is 0.211. The zero-order valence-electron chi connectivity index (χ0n) is 15.5. The highest BCUT2D eigenvalue weighted by Gasteiger charge is 2.19. The van der Waals surface area contributed by atoms with Crippen molar-refractivity contribution in [2.75, 3.05) is 32.7 Å². The van der Waals surface area contributed by atoms with Gasteiger partial charge in [-0.3, -0.25) is 9.89 Å². The molecule has 0 aromatic carbocycles. The molecule has 1 saturated heterocycles. The molecule has 1 heterocycles. The second-order valence-corrected chi connectivity index (χ2v) is 7.43. The van der Waals surface area contributed by atoms with E-state index < -0.39 is 0 Å². The van der Waals surface area contributed by atoms with Gasteiger partial charge in [-0.2, -0.15) is 0 Å². The first-order chi connectivity index (χ1) is 10.4. The van der Waals surface area contributed by atoms with Crippen LogP contribution in [0.4, 0.5) is 0 Å². The van der Waals surface area contributed by atoms with E-state index in [9.17, 15) is 0 Å². The Hall–Kier alpha value is -0.300. The number of halogens is 1. The molecule has 1 rings (SSSR count). The SMILES string of the molecule is C=CCN1CCC(NC(=NCCCC(C)(C)C)NCC)CC1.I. The van der Waals surface area contributed by atoms with E-state index in [2.05, 4.69) is 49.8 Å². The number of aliphatic imine (C=N–C) groups is 1. The molecule has 0 bridgehead atoms. The molecule has 1 aliphatic heterocycles. The van der Waals surface area contributed by atoms with Crippen molar-refractivity contribution in [3.63, 3.8) is 0 Å². The molecular formula is C18H37IN4. The average molecular weight is 436 g/mol. The van der Waals surface area contributed by atoms with Crippen LogP contribution < -0.4 is 10.6 Å². The number of hydrogen-bond acceptors (Lipinski definition) is 2. The predicted octanol–water partition coefficient (Wildman–Crippen LogP) is 3.64. The molecule has 0 unspecified atom stereocenters. The third-order valence-electron chi connectivity index (χ3n) is 4.01. The minimum Gasteiger partial charge on any atom is -0.357 e. The van der Waals surface area contributed by atoms with Gasteiger partial charge in [0.15, 0.2) is 5.96 Å². The summed E-state index contributed by atoms with van der Waals surface area (Å²) >= 11 is 0. The van der Waals surface area contributed by atoms with E-state index in [1.165, 1.54) is 19.3 Å². The highest BCUT2D eigenvalue weighted by Crippen LogP contribution is 2.20. The van der Waals surface area contributed by atoms with Crippen LogP contribution in [0.2, 0.25) is 0 Å². The van der Waals surface area contributed by atoms with Crippen molar-refractivity contribution in [1.29, 1.82) is 0 Å². The Bertz CT molecular complexity index is 341. The molecule has 0 aromatic heterocycles. The lowest BCUT2D eigenvalue weighted by Gasteiger charge is -2.32. The van der Waals surface area contributed by atoms with E-state index in [0.717, 1.165) is 45.1 Å². The minimum absolute atomic E-state index is 0. The van der Waals surface area contributed by atoms with Gasteiger partial charge in [0, 0.05) is 38.8 Å². The molecule has 0 aliphatic carbocycles. The van der Waals surface area contributed by atoms with E-state index in [4.69, 9.17) is 4.99 Å². The number of nitrogens with one attached hydrogen (secondary N) is 2. The van der Waals surface area contributed by atoms with Crippen molar-refractivity contribution in [2.24, 2.45) is 10.4 Å². The number of piperidine rings is 1.